The van der Waals surface area contributed by atoms with Crippen LogP contribution in [-0.4, -0.2) is 13.7 Å². The molecule has 0 fully saturated rings. The predicted molar refractivity (Wildman–Crippen MR) is 64.9 cm³/mol. The quantitative estimate of drug-likeness (QED) is 0.758. The van der Waals surface area contributed by atoms with Gasteiger partial charge in [-0.1, -0.05) is 23.8 Å². The van der Waals surface area contributed by atoms with Crippen molar-refractivity contribution in [3.05, 3.63) is 53.9 Å². The molecule has 0 radical (unpaired) electrons. The van der Waals surface area contributed by atoms with E-state index in [1.54, 1.807) is 13.0 Å². The second-order valence-corrected chi connectivity index (χ2v) is 6.19. The van der Waals surface area contributed by atoms with Crippen LogP contribution in [-0.2, 0) is 9.84 Å². The molecule has 90 valence electrons. The summed E-state index contributed by atoms with van der Waals surface area (Å²) in [5.74, 6) is -0.431. The molecular formula is C13H13FO2S. The standard InChI is InChI=1S/C13H13FO2S/c1-10-4-2-3-5-13(10)17(15,16)12-8-6-11(14)7-9-12/h2-4,6-9,13H,5H2,1H3. The topological polar surface area (TPSA) is 34.1 Å². The van der Waals surface area contributed by atoms with Crippen molar-refractivity contribution in [3.63, 3.8) is 0 Å². The van der Waals surface area contributed by atoms with E-state index in [1.165, 1.54) is 24.3 Å². The van der Waals surface area contributed by atoms with Gasteiger partial charge in [0.1, 0.15) is 5.82 Å². The SMILES string of the molecule is CC1=CC=CCC1S(=O)(=O)c1ccc(F)cc1. The summed E-state index contributed by atoms with van der Waals surface area (Å²) in [6, 6.07) is 4.97. The van der Waals surface area contributed by atoms with E-state index in [4.69, 9.17) is 0 Å². The van der Waals surface area contributed by atoms with Crippen molar-refractivity contribution in [3.8, 4) is 0 Å². The maximum atomic E-state index is 12.8. The molecule has 1 aromatic rings. The van der Waals surface area contributed by atoms with E-state index in [1.807, 2.05) is 12.2 Å². The van der Waals surface area contributed by atoms with Crippen LogP contribution < -0.4 is 0 Å². The van der Waals surface area contributed by atoms with Crippen LogP contribution in [0.15, 0.2) is 53.0 Å². The van der Waals surface area contributed by atoms with E-state index in [-0.39, 0.29) is 4.90 Å². The zero-order valence-electron chi connectivity index (χ0n) is 9.43. The average Bonchev–Trinajstić information content (AvgIpc) is 2.30. The van der Waals surface area contributed by atoms with Crippen molar-refractivity contribution in [1.29, 1.82) is 0 Å². The molecule has 4 heteroatoms. The van der Waals surface area contributed by atoms with Crippen LogP contribution in [0.1, 0.15) is 13.3 Å². The summed E-state index contributed by atoms with van der Waals surface area (Å²) >= 11 is 0. The van der Waals surface area contributed by atoms with Gasteiger partial charge in [0.05, 0.1) is 10.1 Å². The first kappa shape index (κ1) is 12.0. The number of hydrogen-bond acceptors (Lipinski definition) is 2. The predicted octanol–water partition coefficient (Wildman–Crippen LogP) is 2.87. The highest BCUT2D eigenvalue weighted by Gasteiger charge is 2.28. The lowest BCUT2D eigenvalue weighted by Crippen LogP contribution is -2.23. The minimum atomic E-state index is -3.41. The van der Waals surface area contributed by atoms with Gasteiger partial charge >= 0.3 is 0 Å². The van der Waals surface area contributed by atoms with Crippen LogP contribution in [0.3, 0.4) is 0 Å². The third kappa shape index (κ3) is 2.31. The Morgan fingerprint density at radius 2 is 1.88 bits per heavy atom. The number of halogens is 1. The summed E-state index contributed by atoms with van der Waals surface area (Å²) in [6.45, 7) is 1.80. The van der Waals surface area contributed by atoms with Gasteiger partial charge in [0, 0.05) is 0 Å². The summed E-state index contributed by atoms with van der Waals surface area (Å²) < 4.78 is 37.4. The average molecular weight is 252 g/mol. The van der Waals surface area contributed by atoms with Crippen LogP contribution in [0.25, 0.3) is 0 Å². The number of hydrogen-bond donors (Lipinski definition) is 0. The van der Waals surface area contributed by atoms with Gasteiger partial charge in [-0.15, -0.1) is 0 Å². The Hall–Kier alpha value is -1.42. The molecular weight excluding hydrogens is 239 g/mol. The third-order valence-electron chi connectivity index (χ3n) is 2.87. The molecule has 2 rings (SSSR count). The molecule has 0 spiro atoms. The van der Waals surface area contributed by atoms with E-state index >= 15 is 0 Å². The first-order valence-electron chi connectivity index (χ1n) is 5.34. The van der Waals surface area contributed by atoms with Gasteiger partial charge in [0.2, 0.25) is 0 Å². The van der Waals surface area contributed by atoms with Gasteiger partial charge in [-0.05, 0) is 37.6 Å². The third-order valence-corrected chi connectivity index (χ3v) is 5.11. The van der Waals surface area contributed by atoms with E-state index in [0.717, 1.165) is 5.57 Å². The number of allylic oxidation sites excluding steroid dienone is 3. The first-order chi connectivity index (χ1) is 8.01. The van der Waals surface area contributed by atoms with Crippen LogP contribution in [0.4, 0.5) is 4.39 Å². The normalized spacial score (nSPS) is 20.1. The van der Waals surface area contributed by atoms with Crippen LogP contribution >= 0.6 is 0 Å². The maximum Gasteiger partial charge on any atom is 0.185 e. The molecule has 2 nitrogen and oxygen atoms in total. The summed E-state index contributed by atoms with van der Waals surface area (Å²) in [5, 5.41) is -0.530. The number of benzene rings is 1. The molecule has 0 saturated carbocycles. The molecule has 1 aromatic carbocycles. The Balaban J connectivity index is 2.40. The number of rotatable bonds is 2. The molecule has 1 atom stereocenters. The van der Waals surface area contributed by atoms with Gasteiger partial charge in [-0.2, -0.15) is 0 Å². The van der Waals surface area contributed by atoms with Crippen molar-refractivity contribution in [1.82, 2.24) is 0 Å². The van der Waals surface area contributed by atoms with Crippen molar-refractivity contribution in [2.45, 2.75) is 23.5 Å². The largest absolute Gasteiger partial charge is 0.223 e. The van der Waals surface area contributed by atoms with E-state index in [9.17, 15) is 12.8 Å². The molecule has 0 saturated heterocycles. The Bertz CT molecular complexity index is 568. The lowest BCUT2D eigenvalue weighted by molar-refractivity contribution is 0.584. The second kappa shape index (κ2) is 4.45. The van der Waals surface area contributed by atoms with Crippen molar-refractivity contribution in [2.75, 3.05) is 0 Å². The van der Waals surface area contributed by atoms with E-state index in [2.05, 4.69) is 0 Å². The van der Waals surface area contributed by atoms with Crippen molar-refractivity contribution >= 4 is 9.84 Å². The molecule has 0 amide bonds. The van der Waals surface area contributed by atoms with Crippen molar-refractivity contribution in [2.24, 2.45) is 0 Å². The molecule has 0 heterocycles. The second-order valence-electron chi connectivity index (χ2n) is 4.06. The Morgan fingerprint density at radius 1 is 1.24 bits per heavy atom. The molecule has 17 heavy (non-hydrogen) atoms. The lowest BCUT2D eigenvalue weighted by atomic mass is 10.1. The summed E-state index contributed by atoms with van der Waals surface area (Å²) in [7, 11) is -3.41. The Labute approximate surface area is 100 Å². The Morgan fingerprint density at radius 3 is 2.47 bits per heavy atom. The molecule has 1 aliphatic carbocycles. The first-order valence-corrected chi connectivity index (χ1v) is 6.89. The lowest BCUT2D eigenvalue weighted by Gasteiger charge is -2.19. The molecule has 1 unspecified atom stereocenters. The van der Waals surface area contributed by atoms with Gasteiger partial charge in [0.15, 0.2) is 9.84 Å². The zero-order valence-corrected chi connectivity index (χ0v) is 10.2. The van der Waals surface area contributed by atoms with E-state index < -0.39 is 20.9 Å². The molecule has 0 N–H and O–H groups in total. The number of sulfone groups is 1. The summed E-state index contributed by atoms with van der Waals surface area (Å²) in [5.41, 5.74) is 0.817. The highest BCUT2D eigenvalue weighted by Crippen LogP contribution is 2.26. The minimum absolute atomic E-state index is 0.173. The fraction of sp³-hybridized carbons (Fsp3) is 0.231. The van der Waals surface area contributed by atoms with Crippen LogP contribution in [0.2, 0.25) is 0 Å². The van der Waals surface area contributed by atoms with Gasteiger partial charge in [-0.3, -0.25) is 0 Å². The summed E-state index contributed by atoms with van der Waals surface area (Å²) in [6.07, 6.45) is 5.96. The fourth-order valence-corrected chi connectivity index (χ4v) is 3.65. The smallest absolute Gasteiger partial charge is 0.185 e. The van der Waals surface area contributed by atoms with Crippen molar-refractivity contribution < 1.29 is 12.8 Å². The molecule has 1 aliphatic rings. The monoisotopic (exact) mass is 252 g/mol. The molecule has 0 aromatic heterocycles. The van der Waals surface area contributed by atoms with Crippen LogP contribution in [0.5, 0.6) is 0 Å². The summed E-state index contributed by atoms with van der Waals surface area (Å²) in [4.78, 5) is 0.173. The highest BCUT2D eigenvalue weighted by molar-refractivity contribution is 7.92. The van der Waals surface area contributed by atoms with Gasteiger partial charge < -0.3 is 0 Å². The highest BCUT2D eigenvalue weighted by atomic mass is 32.2. The maximum absolute atomic E-state index is 12.8. The molecule has 0 aliphatic heterocycles. The molecule has 0 bridgehead atoms. The Kier molecular flexibility index (Phi) is 3.15. The van der Waals surface area contributed by atoms with Crippen LogP contribution in [0, 0.1) is 5.82 Å². The minimum Gasteiger partial charge on any atom is -0.223 e. The van der Waals surface area contributed by atoms with E-state index in [0.29, 0.717) is 6.42 Å². The fourth-order valence-electron chi connectivity index (χ4n) is 1.88. The zero-order chi connectivity index (χ0) is 12.5. The van der Waals surface area contributed by atoms with Gasteiger partial charge in [0.25, 0.3) is 0 Å². The van der Waals surface area contributed by atoms with Gasteiger partial charge in [-0.25, -0.2) is 12.8 Å².